The van der Waals surface area contributed by atoms with Crippen LogP contribution in [0.4, 0.5) is 11.4 Å². The number of nitrogens with zero attached hydrogens (tertiary/aromatic N) is 2. The number of rotatable bonds is 11. The van der Waals surface area contributed by atoms with E-state index in [0.717, 1.165) is 6.42 Å². The van der Waals surface area contributed by atoms with Crippen LogP contribution in [0.1, 0.15) is 37.8 Å². The number of anilines is 2. The SMILES string of the molecule is CCCNC(=O)CNc1cccc(N2CC(C(=O)NC(CC(=O)O)c3cccnc3)CC2=O)c1. The lowest BCUT2D eigenvalue weighted by molar-refractivity contribution is -0.138. The Morgan fingerprint density at radius 1 is 1.24 bits per heavy atom. The number of pyridine rings is 1. The van der Waals surface area contributed by atoms with Gasteiger partial charge in [0.2, 0.25) is 17.7 Å². The van der Waals surface area contributed by atoms with Crippen molar-refractivity contribution in [2.24, 2.45) is 5.92 Å². The van der Waals surface area contributed by atoms with Crippen molar-refractivity contribution in [3.05, 3.63) is 54.4 Å². The predicted molar refractivity (Wildman–Crippen MR) is 126 cm³/mol. The second-order valence-electron chi connectivity index (χ2n) is 8.10. The molecule has 2 atom stereocenters. The van der Waals surface area contributed by atoms with E-state index in [4.69, 9.17) is 0 Å². The highest BCUT2D eigenvalue weighted by Gasteiger charge is 2.36. The maximum atomic E-state index is 12.9. The van der Waals surface area contributed by atoms with Crippen LogP contribution in [0.3, 0.4) is 0 Å². The van der Waals surface area contributed by atoms with E-state index in [1.807, 2.05) is 6.92 Å². The summed E-state index contributed by atoms with van der Waals surface area (Å²) in [6.07, 6.45) is 3.67. The quantitative estimate of drug-likeness (QED) is 0.394. The largest absolute Gasteiger partial charge is 0.481 e. The van der Waals surface area contributed by atoms with Crippen LogP contribution in [0.15, 0.2) is 48.8 Å². The molecule has 1 aromatic carbocycles. The molecule has 1 fully saturated rings. The van der Waals surface area contributed by atoms with Crippen molar-refractivity contribution < 1.29 is 24.3 Å². The van der Waals surface area contributed by atoms with Gasteiger partial charge in [0, 0.05) is 43.3 Å². The van der Waals surface area contributed by atoms with Crippen LogP contribution in [-0.2, 0) is 19.2 Å². The first kappa shape index (κ1) is 24.7. The molecule has 0 saturated carbocycles. The average molecular weight is 468 g/mol. The van der Waals surface area contributed by atoms with E-state index >= 15 is 0 Å². The molecule has 3 amide bonds. The number of carboxylic acid groups (broad SMARTS) is 1. The minimum atomic E-state index is -1.05. The Morgan fingerprint density at radius 3 is 2.76 bits per heavy atom. The van der Waals surface area contributed by atoms with Crippen LogP contribution in [-0.4, -0.2) is 53.4 Å². The zero-order chi connectivity index (χ0) is 24.5. The molecule has 0 aliphatic carbocycles. The number of carbonyl (C=O) groups is 4. The van der Waals surface area contributed by atoms with Crippen LogP contribution in [0.5, 0.6) is 0 Å². The maximum Gasteiger partial charge on any atom is 0.305 e. The fraction of sp³-hybridized carbons (Fsp3) is 0.375. The van der Waals surface area contributed by atoms with E-state index in [2.05, 4.69) is 20.9 Å². The molecule has 4 N–H and O–H groups in total. The Labute approximate surface area is 197 Å². The fourth-order valence-corrected chi connectivity index (χ4v) is 3.72. The van der Waals surface area contributed by atoms with Gasteiger partial charge >= 0.3 is 5.97 Å². The van der Waals surface area contributed by atoms with Gasteiger partial charge in [0.25, 0.3) is 0 Å². The zero-order valence-corrected chi connectivity index (χ0v) is 19.0. The first-order chi connectivity index (χ1) is 16.4. The Bertz CT molecular complexity index is 1030. The van der Waals surface area contributed by atoms with Gasteiger partial charge in [-0.3, -0.25) is 24.2 Å². The average Bonchev–Trinajstić information content (AvgIpc) is 3.23. The molecule has 0 bridgehead atoms. The molecule has 0 spiro atoms. The first-order valence-corrected chi connectivity index (χ1v) is 11.2. The molecule has 0 radical (unpaired) electrons. The van der Waals surface area contributed by atoms with Gasteiger partial charge in [0.1, 0.15) is 0 Å². The molecule has 1 saturated heterocycles. The van der Waals surface area contributed by atoms with E-state index < -0.39 is 17.9 Å². The summed E-state index contributed by atoms with van der Waals surface area (Å²) in [5.74, 6) is -2.37. The highest BCUT2D eigenvalue weighted by molar-refractivity contribution is 6.00. The molecule has 1 aliphatic rings. The van der Waals surface area contributed by atoms with Crippen LogP contribution < -0.4 is 20.9 Å². The number of benzene rings is 1. The predicted octanol–water partition coefficient (Wildman–Crippen LogP) is 1.70. The standard InChI is InChI=1S/C24H29N5O5/c1-2-8-26-21(30)14-27-18-6-3-7-19(11-18)29-15-17(10-22(29)31)24(34)28-20(12-23(32)33)16-5-4-9-25-13-16/h3-7,9,11,13,17,20,27H,2,8,10,12,14-15H2,1H3,(H,26,30)(H,28,34)(H,32,33). The van der Waals surface area contributed by atoms with Gasteiger partial charge in [-0.1, -0.05) is 19.1 Å². The van der Waals surface area contributed by atoms with E-state index in [9.17, 15) is 24.3 Å². The molecule has 34 heavy (non-hydrogen) atoms. The molecule has 3 rings (SSSR count). The molecular formula is C24H29N5O5. The molecule has 10 nitrogen and oxygen atoms in total. The van der Waals surface area contributed by atoms with Crippen molar-refractivity contribution in [2.75, 3.05) is 29.9 Å². The lowest BCUT2D eigenvalue weighted by atomic mass is 10.0. The van der Waals surface area contributed by atoms with E-state index in [0.29, 0.717) is 23.5 Å². The van der Waals surface area contributed by atoms with Crippen molar-refractivity contribution >= 4 is 35.1 Å². The number of carboxylic acids is 1. The maximum absolute atomic E-state index is 12.9. The summed E-state index contributed by atoms with van der Waals surface area (Å²) in [6, 6.07) is 9.73. The van der Waals surface area contributed by atoms with Gasteiger partial charge in [0.05, 0.1) is 24.9 Å². The summed E-state index contributed by atoms with van der Waals surface area (Å²) >= 11 is 0. The summed E-state index contributed by atoms with van der Waals surface area (Å²) in [5.41, 5.74) is 1.89. The van der Waals surface area contributed by atoms with E-state index in [1.165, 1.54) is 11.1 Å². The third kappa shape index (κ3) is 6.77. The summed E-state index contributed by atoms with van der Waals surface area (Å²) in [4.78, 5) is 54.2. The number of hydrogen-bond donors (Lipinski definition) is 4. The Kier molecular flexibility index (Phi) is 8.55. The molecule has 2 aromatic rings. The third-order valence-corrected chi connectivity index (χ3v) is 5.46. The van der Waals surface area contributed by atoms with Crippen molar-refractivity contribution in [1.82, 2.24) is 15.6 Å². The highest BCUT2D eigenvalue weighted by atomic mass is 16.4. The summed E-state index contributed by atoms with van der Waals surface area (Å²) in [6.45, 7) is 2.88. The Morgan fingerprint density at radius 2 is 2.06 bits per heavy atom. The molecule has 10 heteroatoms. The summed E-state index contributed by atoms with van der Waals surface area (Å²) in [7, 11) is 0. The monoisotopic (exact) mass is 467 g/mol. The molecule has 180 valence electrons. The minimum Gasteiger partial charge on any atom is -0.481 e. The second-order valence-corrected chi connectivity index (χ2v) is 8.10. The number of hydrogen-bond acceptors (Lipinski definition) is 6. The molecule has 1 aromatic heterocycles. The van der Waals surface area contributed by atoms with Crippen molar-refractivity contribution in [2.45, 2.75) is 32.2 Å². The molecule has 2 unspecified atom stereocenters. The molecule has 1 aliphatic heterocycles. The lowest BCUT2D eigenvalue weighted by Crippen LogP contribution is -2.36. The topological polar surface area (TPSA) is 141 Å². The Hall–Kier alpha value is -3.95. The van der Waals surface area contributed by atoms with E-state index in [1.54, 1.807) is 42.6 Å². The van der Waals surface area contributed by atoms with Gasteiger partial charge in [-0.25, -0.2) is 0 Å². The van der Waals surface area contributed by atoms with Crippen molar-refractivity contribution in [3.63, 3.8) is 0 Å². The highest BCUT2D eigenvalue weighted by Crippen LogP contribution is 2.28. The summed E-state index contributed by atoms with van der Waals surface area (Å²) < 4.78 is 0. The van der Waals surface area contributed by atoms with Gasteiger partial charge in [-0.15, -0.1) is 0 Å². The molecule has 2 heterocycles. The second kappa shape index (κ2) is 11.8. The van der Waals surface area contributed by atoms with Crippen molar-refractivity contribution in [1.29, 1.82) is 0 Å². The van der Waals surface area contributed by atoms with Crippen LogP contribution >= 0.6 is 0 Å². The molecular weight excluding hydrogens is 438 g/mol. The number of aliphatic carboxylic acids is 1. The van der Waals surface area contributed by atoms with Crippen LogP contribution in [0.25, 0.3) is 0 Å². The van der Waals surface area contributed by atoms with Crippen molar-refractivity contribution in [3.8, 4) is 0 Å². The van der Waals surface area contributed by atoms with E-state index in [-0.39, 0.29) is 43.7 Å². The number of carbonyl (C=O) groups excluding carboxylic acids is 3. The minimum absolute atomic E-state index is 0.0236. The van der Waals surface area contributed by atoms with Crippen LogP contribution in [0, 0.1) is 5.92 Å². The van der Waals surface area contributed by atoms with Gasteiger partial charge in [0.15, 0.2) is 0 Å². The normalized spacial score (nSPS) is 16.1. The third-order valence-electron chi connectivity index (χ3n) is 5.46. The van der Waals surface area contributed by atoms with Gasteiger partial charge < -0.3 is 26.0 Å². The van der Waals surface area contributed by atoms with Gasteiger partial charge in [-0.05, 0) is 36.2 Å². The van der Waals surface area contributed by atoms with Crippen LogP contribution in [0.2, 0.25) is 0 Å². The van der Waals surface area contributed by atoms with Gasteiger partial charge in [-0.2, -0.15) is 0 Å². The summed E-state index contributed by atoms with van der Waals surface area (Å²) in [5, 5.41) is 17.8. The smallest absolute Gasteiger partial charge is 0.305 e. The number of aromatic nitrogens is 1. The first-order valence-electron chi connectivity index (χ1n) is 11.2. The Balaban J connectivity index is 1.63. The number of amides is 3. The lowest BCUT2D eigenvalue weighted by Gasteiger charge is -2.20. The number of nitrogens with one attached hydrogen (secondary N) is 3. The fourth-order valence-electron chi connectivity index (χ4n) is 3.72. The zero-order valence-electron chi connectivity index (χ0n) is 19.0.